The van der Waals surface area contributed by atoms with E-state index in [1.54, 1.807) is 22.6 Å². The van der Waals surface area contributed by atoms with Crippen molar-refractivity contribution in [2.24, 2.45) is 0 Å². The summed E-state index contributed by atoms with van der Waals surface area (Å²) in [6.07, 6.45) is -1.51. The number of aromatic nitrogens is 1. The van der Waals surface area contributed by atoms with Crippen LogP contribution in [0.25, 0.3) is 0 Å². The third kappa shape index (κ3) is 1.98. The molecule has 0 atom stereocenters. The van der Waals surface area contributed by atoms with Gasteiger partial charge in [0, 0.05) is 6.20 Å². The maximum atomic E-state index is 12.3. The zero-order valence-corrected chi connectivity index (χ0v) is 8.76. The van der Waals surface area contributed by atoms with Gasteiger partial charge in [-0.05, 0) is 22.6 Å². The van der Waals surface area contributed by atoms with E-state index in [0.29, 0.717) is 3.57 Å². The first kappa shape index (κ1) is 10.4. The SMILES string of the molecule is COc1c(C(F)F)[nH]cc(I)c1=O. The summed E-state index contributed by atoms with van der Waals surface area (Å²) < 4.78 is 29.5. The molecule has 0 radical (unpaired) electrons. The van der Waals surface area contributed by atoms with E-state index in [1.165, 1.54) is 13.3 Å². The zero-order chi connectivity index (χ0) is 10.0. The quantitative estimate of drug-likeness (QED) is 0.848. The van der Waals surface area contributed by atoms with E-state index in [2.05, 4.69) is 9.72 Å². The van der Waals surface area contributed by atoms with E-state index in [4.69, 9.17) is 0 Å². The predicted molar refractivity (Wildman–Crippen MR) is 51.3 cm³/mol. The van der Waals surface area contributed by atoms with Crippen molar-refractivity contribution in [3.8, 4) is 5.75 Å². The maximum Gasteiger partial charge on any atom is 0.282 e. The van der Waals surface area contributed by atoms with Crippen molar-refractivity contribution in [1.29, 1.82) is 0 Å². The van der Waals surface area contributed by atoms with Crippen molar-refractivity contribution >= 4 is 22.6 Å². The Labute approximate surface area is 86.2 Å². The number of ether oxygens (including phenoxy) is 1. The van der Waals surface area contributed by atoms with Gasteiger partial charge in [0.2, 0.25) is 5.43 Å². The van der Waals surface area contributed by atoms with Crippen LogP contribution >= 0.6 is 22.6 Å². The molecular formula is C7H6F2INO2. The van der Waals surface area contributed by atoms with Gasteiger partial charge in [0.25, 0.3) is 6.43 Å². The Hall–Kier alpha value is -0.660. The van der Waals surface area contributed by atoms with Gasteiger partial charge in [-0.15, -0.1) is 0 Å². The van der Waals surface area contributed by atoms with E-state index < -0.39 is 17.5 Å². The summed E-state index contributed by atoms with van der Waals surface area (Å²) in [5.74, 6) is -0.318. The Bertz CT molecular complexity index is 364. The lowest BCUT2D eigenvalue weighted by Crippen LogP contribution is -2.13. The molecule has 6 heteroatoms. The van der Waals surface area contributed by atoms with Crippen molar-refractivity contribution < 1.29 is 13.5 Å². The summed E-state index contributed by atoms with van der Waals surface area (Å²) in [7, 11) is 1.19. The largest absolute Gasteiger partial charge is 0.491 e. The second-order valence-corrected chi connectivity index (χ2v) is 3.38. The predicted octanol–water partition coefficient (Wildman–Crippen LogP) is 1.93. The second-order valence-electron chi connectivity index (χ2n) is 2.21. The summed E-state index contributed by atoms with van der Waals surface area (Å²) in [4.78, 5) is 13.6. The third-order valence-corrected chi connectivity index (χ3v) is 2.25. The summed E-state index contributed by atoms with van der Waals surface area (Å²) >= 11 is 1.74. The lowest BCUT2D eigenvalue weighted by atomic mass is 10.3. The van der Waals surface area contributed by atoms with E-state index in [-0.39, 0.29) is 5.75 Å². The zero-order valence-electron chi connectivity index (χ0n) is 6.61. The van der Waals surface area contributed by atoms with Crippen LogP contribution in [0.3, 0.4) is 0 Å². The topological polar surface area (TPSA) is 42.1 Å². The molecule has 0 spiro atoms. The molecule has 1 heterocycles. The van der Waals surface area contributed by atoms with Crippen LogP contribution in [0.15, 0.2) is 11.0 Å². The first-order chi connectivity index (χ1) is 6.07. The standard InChI is InChI=1S/C7H6F2INO2/c1-13-6-4(7(8)9)11-2-3(10)5(6)12/h2,7H,1H3,(H,11,12). The molecule has 0 fully saturated rings. The highest BCUT2D eigenvalue weighted by Gasteiger charge is 2.18. The van der Waals surface area contributed by atoms with Crippen LogP contribution < -0.4 is 10.2 Å². The molecule has 13 heavy (non-hydrogen) atoms. The van der Waals surface area contributed by atoms with Crippen LogP contribution in [0.5, 0.6) is 5.75 Å². The lowest BCUT2D eigenvalue weighted by molar-refractivity contribution is 0.141. The van der Waals surface area contributed by atoms with Gasteiger partial charge in [0.15, 0.2) is 5.75 Å². The summed E-state index contributed by atoms with van der Waals surface area (Å²) in [5, 5.41) is 0. The molecule has 0 amide bonds. The first-order valence-corrected chi connectivity index (χ1v) is 4.39. The minimum absolute atomic E-state index is 0.318. The Balaban J connectivity index is 3.39. The van der Waals surface area contributed by atoms with Crippen LogP contribution in [0.1, 0.15) is 12.1 Å². The van der Waals surface area contributed by atoms with Gasteiger partial charge in [-0.2, -0.15) is 0 Å². The highest BCUT2D eigenvalue weighted by molar-refractivity contribution is 14.1. The Morgan fingerprint density at radius 1 is 1.62 bits per heavy atom. The average molecular weight is 301 g/mol. The van der Waals surface area contributed by atoms with Crippen LogP contribution in [0, 0.1) is 3.57 Å². The fourth-order valence-corrected chi connectivity index (χ4v) is 1.27. The molecule has 0 bridgehead atoms. The smallest absolute Gasteiger partial charge is 0.282 e. The number of hydrogen-bond donors (Lipinski definition) is 1. The summed E-state index contributed by atoms with van der Waals surface area (Å²) in [6, 6.07) is 0. The number of rotatable bonds is 2. The van der Waals surface area contributed by atoms with Crippen molar-refractivity contribution in [3.63, 3.8) is 0 Å². The van der Waals surface area contributed by atoms with Crippen molar-refractivity contribution in [1.82, 2.24) is 4.98 Å². The minimum atomic E-state index is -2.74. The van der Waals surface area contributed by atoms with Crippen LogP contribution in [0.2, 0.25) is 0 Å². The number of H-pyrrole nitrogens is 1. The molecule has 0 aliphatic rings. The van der Waals surface area contributed by atoms with Gasteiger partial charge in [-0.25, -0.2) is 8.78 Å². The molecule has 1 N–H and O–H groups in total. The molecule has 0 aromatic carbocycles. The van der Waals surface area contributed by atoms with Gasteiger partial charge < -0.3 is 9.72 Å². The molecule has 0 aliphatic heterocycles. The van der Waals surface area contributed by atoms with Crippen LogP contribution in [0.4, 0.5) is 8.78 Å². The average Bonchev–Trinajstić information content (AvgIpc) is 2.09. The molecule has 1 aromatic heterocycles. The van der Waals surface area contributed by atoms with Crippen molar-refractivity contribution in [2.75, 3.05) is 7.11 Å². The van der Waals surface area contributed by atoms with E-state index in [0.717, 1.165) is 0 Å². The van der Waals surface area contributed by atoms with E-state index in [9.17, 15) is 13.6 Å². The van der Waals surface area contributed by atoms with Gasteiger partial charge in [-0.3, -0.25) is 4.79 Å². The molecule has 1 aromatic rings. The molecule has 3 nitrogen and oxygen atoms in total. The van der Waals surface area contributed by atoms with Crippen LogP contribution in [-0.2, 0) is 0 Å². The van der Waals surface area contributed by atoms with Gasteiger partial charge in [0.05, 0.1) is 10.7 Å². The number of pyridine rings is 1. The van der Waals surface area contributed by atoms with Gasteiger partial charge in [-0.1, -0.05) is 0 Å². The Morgan fingerprint density at radius 3 is 2.69 bits per heavy atom. The van der Waals surface area contributed by atoms with Crippen LogP contribution in [-0.4, -0.2) is 12.1 Å². The number of hydrogen-bond acceptors (Lipinski definition) is 2. The summed E-state index contributed by atoms with van der Waals surface area (Å²) in [6.45, 7) is 0. The highest BCUT2D eigenvalue weighted by atomic mass is 127. The number of nitrogens with one attached hydrogen (secondary N) is 1. The van der Waals surface area contributed by atoms with E-state index in [1.807, 2.05) is 0 Å². The fraction of sp³-hybridized carbons (Fsp3) is 0.286. The molecule has 0 unspecified atom stereocenters. The number of alkyl halides is 2. The lowest BCUT2D eigenvalue weighted by Gasteiger charge is -2.06. The van der Waals surface area contributed by atoms with E-state index >= 15 is 0 Å². The molecule has 72 valence electrons. The van der Waals surface area contributed by atoms with Crippen molar-refractivity contribution in [3.05, 3.63) is 25.7 Å². The fourth-order valence-electron chi connectivity index (χ4n) is 0.868. The second kappa shape index (κ2) is 4.03. The third-order valence-electron chi connectivity index (χ3n) is 1.44. The highest BCUT2D eigenvalue weighted by Crippen LogP contribution is 2.23. The Kier molecular flexibility index (Phi) is 3.23. The minimum Gasteiger partial charge on any atom is -0.491 e. The molecule has 0 aliphatic carbocycles. The number of halogens is 3. The Morgan fingerprint density at radius 2 is 2.23 bits per heavy atom. The molecule has 1 rings (SSSR count). The maximum absolute atomic E-state index is 12.3. The normalized spacial score (nSPS) is 10.5. The number of methoxy groups -OCH3 is 1. The molecule has 0 saturated heterocycles. The first-order valence-electron chi connectivity index (χ1n) is 3.31. The molecular weight excluding hydrogens is 295 g/mol. The monoisotopic (exact) mass is 301 g/mol. The number of aromatic amines is 1. The van der Waals surface area contributed by atoms with Gasteiger partial charge in [0.1, 0.15) is 5.69 Å². The summed E-state index contributed by atoms with van der Waals surface area (Å²) in [5.41, 5.74) is -0.995. The molecule has 0 saturated carbocycles. The van der Waals surface area contributed by atoms with Gasteiger partial charge >= 0.3 is 0 Å². The van der Waals surface area contributed by atoms with Crippen molar-refractivity contribution in [2.45, 2.75) is 6.43 Å².